The zero-order chi connectivity index (χ0) is 19.4. The Morgan fingerprint density at radius 1 is 1.07 bits per heavy atom. The fraction of sp³-hybridized carbons (Fsp3) is 0.200. The molecule has 3 aromatic rings. The van der Waals surface area contributed by atoms with Crippen LogP contribution < -0.4 is 14.3 Å². The van der Waals surface area contributed by atoms with Crippen LogP contribution in [0.4, 0.5) is 4.39 Å². The second-order valence-electron chi connectivity index (χ2n) is 5.70. The van der Waals surface area contributed by atoms with Gasteiger partial charge in [-0.1, -0.05) is 12.1 Å². The SMILES string of the molecule is CN=c1scc(-c2cc(OC)ccc2OC)n1N=C(C)c1ccc(F)cc1. The minimum Gasteiger partial charge on any atom is -0.497 e. The third-order valence-electron chi connectivity index (χ3n) is 4.07. The van der Waals surface area contributed by atoms with E-state index in [9.17, 15) is 4.39 Å². The lowest BCUT2D eigenvalue weighted by molar-refractivity contribution is 0.404. The van der Waals surface area contributed by atoms with Crippen molar-refractivity contribution in [2.75, 3.05) is 21.3 Å². The van der Waals surface area contributed by atoms with Crippen LogP contribution in [0.15, 0.2) is 57.9 Å². The highest BCUT2D eigenvalue weighted by Gasteiger charge is 2.14. The largest absolute Gasteiger partial charge is 0.497 e. The number of benzene rings is 2. The summed E-state index contributed by atoms with van der Waals surface area (Å²) in [5.41, 5.74) is 3.25. The number of hydrogen-bond donors (Lipinski definition) is 0. The number of aromatic nitrogens is 1. The van der Waals surface area contributed by atoms with Crippen molar-refractivity contribution in [2.24, 2.45) is 10.1 Å². The minimum absolute atomic E-state index is 0.277. The van der Waals surface area contributed by atoms with Crippen LogP contribution in [0.25, 0.3) is 11.3 Å². The van der Waals surface area contributed by atoms with Crippen molar-refractivity contribution < 1.29 is 13.9 Å². The number of nitrogens with zero attached hydrogens (tertiary/aromatic N) is 3. The zero-order valence-electron chi connectivity index (χ0n) is 15.6. The quantitative estimate of drug-likeness (QED) is 0.619. The third-order valence-corrected chi connectivity index (χ3v) is 4.98. The second kappa shape index (κ2) is 8.18. The average Bonchev–Trinajstić information content (AvgIpc) is 3.10. The Bertz CT molecular complexity index is 1040. The topological polar surface area (TPSA) is 48.1 Å². The van der Waals surface area contributed by atoms with Gasteiger partial charge in [0, 0.05) is 18.0 Å². The highest BCUT2D eigenvalue weighted by atomic mass is 32.1. The monoisotopic (exact) mass is 385 g/mol. The Balaban J connectivity index is 2.17. The number of rotatable bonds is 5. The lowest BCUT2D eigenvalue weighted by Gasteiger charge is -2.11. The van der Waals surface area contributed by atoms with E-state index >= 15 is 0 Å². The van der Waals surface area contributed by atoms with E-state index in [2.05, 4.69) is 4.99 Å². The highest BCUT2D eigenvalue weighted by Crippen LogP contribution is 2.33. The van der Waals surface area contributed by atoms with Crippen LogP contribution in [0.5, 0.6) is 11.5 Å². The van der Waals surface area contributed by atoms with E-state index in [1.54, 1.807) is 38.1 Å². The molecule has 0 aliphatic carbocycles. The summed E-state index contributed by atoms with van der Waals surface area (Å²) in [6, 6.07) is 11.9. The van der Waals surface area contributed by atoms with Crippen LogP contribution in [0.2, 0.25) is 0 Å². The van der Waals surface area contributed by atoms with Crippen molar-refractivity contribution in [1.82, 2.24) is 4.68 Å². The molecule has 0 bridgehead atoms. The molecule has 0 amide bonds. The average molecular weight is 385 g/mol. The third kappa shape index (κ3) is 3.93. The Kier molecular flexibility index (Phi) is 5.71. The maximum atomic E-state index is 13.2. The molecule has 0 saturated heterocycles. The van der Waals surface area contributed by atoms with Gasteiger partial charge in [0.1, 0.15) is 17.3 Å². The van der Waals surface area contributed by atoms with Gasteiger partial charge in [-0.3, -0.25) is 4.99 Å². The molecule has 27 heavy (non-hydrogen) atoms. The maximum Gasteiger partial charge on any atom is 0.205 e. The molecule has 0 aliphatic rings. The first kappa shape index (κ1) is 18.8. The Labute approximate surface area is 161 Å². The molecule has 140 valence electrons. The Morgan fingerprint density at radius 3 is 2.44 bits per heavy atom. The molecule has 0 saturated carbocycles. The Morgan fingerprint density at radius 2 is 1.81 bits per heavy atom. The van der Waals surface area contributed by atoms with Gasteiger partial charge in [-0.25, -0.2) is 9.07 Å². The van der Waals surface area contributed by atoms with E-state index in [1.807, 2.05) is 30.5 Å². The summed E-state index contributed by atoms with van der Waals surface area (Å²) in [4.78, 5) is 5.05. The normalized spacial score (nSPS) is 12.3. The van der Waals surface area contributed by atoms with Crippen LogP contribution in [-0.4, -0.2) is 31.7 Å². The van der Waals surface area contributed by atoms with Crippen molar-refractivity contribution in [3.8, 4) is 22.8 Å². The van der Waals surface area contributed by atoms with E-state index in [0.717, 1.165) is 33.1 Å². The predicted octanol–water partition coefficient (Wildman–Crippen LogP) is 4.18. The predicted molar refractivity (Wildman–Crippen MR) is 106 cm³/mol. The smallest absolute Gasteiger partial charge is 0.205 e. The lowest BCUT2D eigenvalue weighted by Crippen LogP contribution is -2.14. The van der Waals surface area contributed by atoms with E-state index in [0.29, 0.717) is 5.75 Å². The first-order chi connectivity index (χ1) is 13.1. The summed E-state index contributed by atoms with van der Waals surface area (Å²) in [6.45, 7) is 1.88. The first-order valence-electron chi connectivity index (χ1n) is 8.24. The van der Waals surface area contributed by atoms with Gasteiger partial charge in [-0.15, -0.1) is 11.3 Å². The molecular formula is C20H20FN3O2S. The summed E-state index contributed by atoms with van der Waals surface area (Å²) in [6.07, 6.45) is 0. The van der Waals surface area contributed by atoms with Crippen molar-refractivity contribution in [3.05, 3.63) is 64.0 Å². The molecule has 0 N–H and O–H groups in total. The van der Waals surface area contributed by atoms with Gasteiger partial charge in [0.15, 0.2) is 0 Å². The second-order valence-corrected chi connectivity index (χ2v) is 6.53. The fourth-order valence-corrected chi connectivity index (χ4v) is 3.43. The van der Waals surface area contributed by atoms with Gasteiger partial charge in [0.25, 0.3) is 0 Å². The molecule has 3 rings (SSSR count). The van der Waals surface area contributed by atoms with E-state index in [4.69, 9.17) is 14.6 Å². The van der Waals surface area contributed by atoms with Crippen LogP contribution in [0, 0.1) is 5.82 Å². The summed E-state index contributed by atoms with van der Waals surface area (Å²) in [5, 5.41) is 6.70. The molecule has 7 heteroatoms. The summed E-state index contributed by atoms with van der Waals surface area (Å²) in [7, 11) is 4.97. The molecule has 0 aliphatic heterocycles. The van der Waals surface area contributed by atoms with E-state index in [1.165, 1.54) is 23.5 Å². The Hall–Kier alpha value is -2.93. The van der Waals surface area contributed by atoms with Crippen LogP contribution in [0.3, 0.4) is 0 Å². The lowest BCUT2D eigenvalue weighted by atomic mass is 10.1. The summed E-state index contributed by atoms with van der Waals surface area (Å²) < 4.78 is 25.8. The van der Waals surface area contributed by atoms with Crippen LogP contribution in [-0.2, 0) is 0 Å². The van der Waals surface area contributed by atoms with Gasteiger partial charge < -0.3 is 9.47 Å². The number of methoxy groups -OCH3 is 2. The van der Waals surface area contributed by atoms with Gasteiger partial charge >= 0.3 is 0 Å². The maximum absolute atomic E-state index is 13.2. The molecule has 1 aromatic heterocycles. The molecule has 0 unspecified atom stereocenters. The summed E-state index contributed by atoms with van der Waals surface area (Å²) >= 11 is 1.48. The van der Waals surface area contributed by atoms with Gasteiger partial charge in [0.05, 0.1) is 25.6 Å². The summed E-state index contributed by atoms with van der Waals surface area (Å²) in [5.74, 6) is 1.15. The number of ether oxygens (including phenoxy) is 2. The highest BCUT2D eigenvalue weighted by molar-refractivity contribution is 7.07. The number of hydrogen-bond acceptors (Lipinski definition) is 5. The van der Waals surface area contributed by atoms with Crippen molar-refractivity contribution >= 4 is 17.0 Å². The molecule has 0 radical (unpaired) electrons. The van der Waals surface area contributed by atoms with E-state index in [-0.39, 0.29) is 5.82 Å². The molecule has 0 spiro atoms. The van der Waals surface area contributed by atoms with Crippen LogP contribution >= 0.6 is 11.3 Å². The van der Waals surface area contributed by atoms with Crippen molar-refractivity contribution in [1.29, 1.82) is 0 Å². The van der Waals surface area contributed by atoms with Gasteiger partial charge in [-0.2, -0.15) is 5.10 Å². The minimum atomic E-state index is -0.277. The van der Waals surface area contributed by atoms with Gasteiger partial charge in [0.2, 0.25) is 4.80 Å². The zero-order valence-corrected chi connectivity index (χ0v) is 16.4. The number of halogens is 1. The fourth-order valence-electron chi connectivity index (χ4n) is 2.65. The molecule has 1 heterocycles. The standard InChI is InChI=1S/C20H20FN3O2S/c1-13(14-5-7-15(21)8-6-14)23-24-18(12-27-20(24)22-2)17-11-16(25-3)9-10-19(17)26-4/h5-12H,1-4H3. The van der Waals surface area contributed by atoms with Crippen molar-refractivity contribution in [3.63, 3.8) is 0 Å². The van der Waals surface area contributed by atoms with Crippen LogP contribution in [0.1, 0.15) is 12.5 Å². The molecule has 5 nitrogen and oxygen atoms in total. The molecule has 0 atom stereocenters. The molecule has 0 fully saturated rings. The van der Waals surface area contributed by atoms with Crippen molar-refractivity contribution in [2.45, 2.75) is 6.92 Å². The number of thiazole rings is 1. The first-order valence-corrected chi connectivity index (χ1v) is 9.12. The van der Waals surface area contributed by atoms with E-state index < -0.39 is 0 Å². The molecular weight excluding hydrogens is 365 g/mol. The molecule has 2 aromatic carbocycles. The van der Waals surface area contributed by atoms with Gasteiger partial charge in [-0.05, 0) is 42.8 Å².